The van der Waals surface area contributed by atoms with Crippen molar-refractivity contribution in [3.8, 4) is 0 Å². The Morgan fingerprint density at radius 2 is 1.80 bits per heavy atom. The van der Waals surface area contributed by atoms with Crippen molar-refractivity contribution in [2.24, 2.45) is 0 Å². The summed E-state index contributed by atoms with van der Waals surface area (Å²) in [4.78, 5) is 10.2. The van der Waals surface area contributed by atoms with Gasteiger partial charge in [-0.15, -0.1) is 0 Å². The van der Waals surface area contributed by atoms with Crippen LogP contribution in [0.4, 0.5) is 11.4 Å². The van der Waals surface area contributed by atoms with Crippen LogP contribution in [0.5, 0.6) is 0 Å². The number of nitrogens with zero attached hydrogens (tertiary/aromatic N) is 1. The molecule has 0 unspecified atom stereocenters. The molecule has 0 fully saturated rings. The molecule has 2 aromatic rings. The summed E-state index contributed by atoms with van der Waals surface area (Å²) >= 11 is 6.91. The van der Waals surface area contributed by atoms with Crippen LogP contribution in [0.25, 0.3) is 0 Å². The molecule has 0 saturated carbocycles. The second-order valence-electron chi connectivity index (χ2n) is 4.22. The molecule has 0 bridgehead atoms. The number of halogens is 2. The van der Waals surface area contributed by atoms with Crippen molar-refractivity contribution >= 4 is 43.2 Å². The molecule has 0 aliphatic heterocycles. The summed E-state index contributed by atoms with van der Waals surface area (Å²) in [6.07, 6.45) is 0.803. The Morgan fingerprint density at radius 1 is 1.10 bits per heavy atom. The minimum absolute atomic E-state index is 0.122. The van der Waals surface area contributed by atoms with Crippen molar-refractivity contribution in [2.75, 3.05) is 11.9 Å². The monoisotopic (exact) mass is 398 g/mol. The van der Waals surface area contributed by atoms with E-state index in [0.717, 1.165) is 33.2 Å². The molecule has 0 radical (unpaired) electrons. The van der Waals surface area contributed by atoms with Crippen molar-refractivity contribution in [3.05, 3.63) is 67.1 Å². The smallest absolute Gasteiger partial charge is 0.269 e. The van der Waals surface area contributed by atoms with Crippen LogP contribution >= 0.6 is 31.9 Å². The highest BCUT2D eigenvalue weighted by Crippen LogP contribution is 2.26. The molecule has 104 valence electrons. The lowest BCUT2D eigenvalue weighted by molar-refractivity contribution is -0.384. The van der Waals surface area contributed by atoms with Crippen molar-refractivity contribution in [2.45, 2.75) is 6.42 Å². The molecule has 1 N–H and O–H groups in total. The van der Waals surface area contributed by atoms with Crippen LogP contribution in [0, 0.1) is 10.1 Å². The van der Waals surface area contributed by atoms with E-state index in [4.69, 9.17) is 0 Å². The van der Waals surface area contributed by atoms with Gasteiger partial charge in [0, 0.05) is 33.3 Å². The van der Waals surface area contributed by atoms with Gasteiger partial charge in [-0.1, -0.05) is 28.1 Å². The molecule has 20 heavy (non-hydrogen) atoms. The lowest BCUT2D eigenvalue weighted by atomic mass is 10.1. The maximum Gasteiger partial charge on any atom is 0.269 e. The minimum atomic E-state index is -0.388. The average molecular weight is 400 g/mol. The quantitative estimate of drug-likeness (QED) is 0.581. The largest absolute Gasteiger partial charge is 0.384 e. The zero-order valence-corrected chi connectivity index (χ0v) is 13.6. The van der Waals surface area contributed by atoms with Gasteiger partial charge >= 0.3 is 0 Å². The van der Waals surface area contributed by atoms with E-state index in [9.17, 15) is 10.1 Å². The minimum Gasteiger partial charge on any atom is -0.384 e. The third-order valence-corrected chi connectivity index (χ3v) is 3.99. The van der Waals surface area contributed by atoms with Gasteiger partial charge in [-0.2, -0.15) is 0 Å². The molecule has 0 aliphatic rings. The Morgan fingerprint density at radius 3 is 2.45 bits per heavy atom. The summed E-state index contributed by atoms with van der Waals surface area (Å²) in [5.41, 5.74) is 2.20. The van der Waals surface area contributed by atoms with Crippen LogP contribution in [0.2, 0.25) is 0 Å². The highest BCUT2D eigenvalue weighted by Gasteiger charge is 2.04. The van der Waals surface area contributed by atoms with E-state index in [1.165, 1.54) is 12.1 Å². The topological polar surface area (TPSA) is 55.2 Å². The number of nitro groups is 1. The molecule has 0 heterocycles. The fourth-order valence-electron chi connectivity index (χ4n) is 1.76. The summed E-state index contributed by atoms with van der Waals surface area (Å²) < 4.78 is 2.02. The van der Waals surface area contributed by atoms with E-state index >= 15 is 0 Å². The van der Waals surface area contributed by atoms with Gasteiger partial charge < -0.3 is 5.32 Å². The molecule has 0 spiro atoms. The first-order valence-corrected chi connectivity index (χ1v) is 7.57. The average Bonchev–Trinajstić information content (AvgIpc) is 2.43. The fraction of sp³-hybridized carbons (Fsp3) is 0.143. The maximum atomic E-state index is 10.6. The Balaban J connectivity index is 1.92. The third-order valence-electron chi connectivity index (χ3n) is 2.80. The summed E-state index contributed by atoms with van der Waals surface area (Å²) in [6.45, 7) is 0.757. The molecule has 0 atom stereocenters. The van der Waals surface area contributed by atoms with Crippen LogP contribution in [0.1, 0.15) is 5.56 Å². The number of benzene rings is 2. The Kier molecular flexibility index (Phi) is 5.14. The van der Waals surface area contributed by atoms with Gasteiger partial charge in [0.2, 0.25) is 0 Å². The number of nitrogens with one attached hydrogen (secondary N) is 1. The molecule has 0 aliphatic carbocycles. The second kappa shape index (κ2) is 6.85. The van der Waals surface area contributed by atoms with Gasteiger partial charge in [-0.05, 0) is 46.1 Å². The van der Waals surface area contributed by atoms with Gasteiger partial charge in [0.25, 0.3) is 5.69 Å². The molecule has 0 amide bonds. The van der Waals surface area contributed by atoms with E-state index in [0.29, 0.717) is 0 Å². The number of non-ortho nitro benzene ring substituents is 1. The highest BCUT2D eigenvalue weighted by atomic mass is 79.9. The Bertz CT molecular complexity index is 615. The lowest BCUT2D eigenvalue weighted by Gasteiger charge is -2.09. The first-order valence-electron chi connectivity index (χ1n) is 5.98. The number of hydrogen-bond acceptors (Lipinski definition) is 3. The molecule has 2 rings (SSSR count). The predicted molar refractivity (Wildman–Crippen MR) is 87.1 cm³/mol. The standard InChI is InChI=1S/C14H12Br2N2O2/c15-11-3-6-13(16)14(9-11)17-8-7-10-1-4-12(5-2-10)18(19)20/h1-6,9,17H,7-8H2. The fourth-order valence-corrected chi connectivity index (χ4v) is 2.51. The summed E-state index contributed by atoms with van der Waals surface area (Å²) in [6, 6.07) is 12.6. The second-order valence-corrected chi connectivity index (χ2v) is 5.99. The zero-order valence-electron chi connectivity index (χ0n) is 10.5. The van der Waals surface area contributed by atoms with Crippen molar-refractivity contribution in [3.63, 3.8) is 0 Å². The molecule has 6 heteroatoms. The Hall–Kier alpha value is -1.40. The normalized spacial score (nSPS) is 10.3. The summed E-state index contributed by atoms with van der Waals surface area (Å²) in [5, 5.41) is 13.9. The van der Waals surface area contributed by atoms with Crippen LogP contribution < -0.4 is 5.32 Å². The van der Waals surface area contributed by atoms with E-state index < -0.39 is 0 Å². The van der Waals surface area contributed by atoms with Gasteiger partial charge in [-0.3, -0.25) is 10.1 Å². The molecule has 2 aromatic carbocycles. The lowest BCUT2D eigenvalue weighted by Crippen LogP contribution is -2.05. The van der Waals surface area contributed by atoms with E-state index in [2.05, 4.69) is 37.2 Å². The summed E-state index contributed by atoms with van der Waals surface area (Å²) in [7, 11) is 0. The molecular weight excluding hydrogens is 388 g/mol. The van der Waals surface area contributed by atoms with Gasteiger partial charge in [0.1, 0.15) is 0 Å². The van der Waals surface area contributed by atoms with Crippen molar-refractivity contribution in [1.29, 1.82) is 0 Å². The van der Waals surface area contributed by atoms with E-state index in [1.54, 1.807) is 12.1 Å². The first kappa shape index (κ1) is 15.0. The highest BCUT2D eigenvalue weighted by molar-refractivity contribution is 9.11. The van der Waals surface area contributed by atoms with Crippen LogP contribution in [-0.4, -0.2) is 11.5 Å². The van der Waals surface area contributed by atoms with Crippen LogP contribution in [-0.2, 0) is 6.42 Å². The first-order chi connectivity index (χ1) is 9.56. The van der Waals surface area contributed by atoms with E-state index in [1.807, 2.05) is 18.2 Å². The van der Waals surface area contributed by atoms with Crippen LogP contribution in [0.3, 0.4) is 0 Å². The number of nitro benzene ring substituents is 1. The zero-order chi connectivity index (χ0) is 14.5. The Labute approximate surface area is 133 Å². The maximum absolute atomic E-state index is 10.6. The summed E-state index contributed by atoms with van der Waals surface area (Å²) in [5.74, 6) is 0. The van der Waals surface area contributed by atoms with Crippen LogP contribution in [0.15, 0.2) is 51.4 Å². The van der Waals surface area contributed by atoms with Crippen molar-refractivity contribution in [1.82, 2.24) is 0 Å². The number of hydrogen-bond donors (Lipinski definition) is 1. The third kappa shape index (κ3) is 4.05. The molecule has 0 saturated heterocycles. The van der Waals surface area contributed by atoms with Crippen molar-refractivity contribution < 1.29 is 4.92 Å². The molecule has 4 nitrogen and oxygen atoms in total. The van der Waals surface area contributed by atoms with E-state index in [-0.39, 0.29) is 10.6 Å². The SMILES string of the molecule is O=[N+]([O-])c1ccc(CCNc2cc(Br)ccc2Br)cc1. The van der Waals surface area contributed by atoms with Gasteiger partial charge in [0.05, 0.1) is 4.92 Å². The van der Waals surface area contributed by atoms with Gasteiger partial charge in [-0.25, -0.2) is 0 Å². The molecular formula is C14H12Br2N2O2. The number of anilines is 1. The predicted octanol–water partition coefficient (Wildman–Crippen LogP) is 4.77. The van der Waals surface area contributed by atoms with Gasteiger partial charge in [0.15, 0.2) is 0 Å². The number of rotatable bonds is 5. The molecule has 0 aromatic heterocycles.